The van der Waals surface area contributed by atoms with Gasteiger partial charge in [0.15, 0.2) is 0 Å². The van der Waals surface area contributed by atoms with Crippen LogP contribution in [0.25, 0.3) is 11.0 Å². The van der Waals surface area contributed by atoms with E-state index in [1.807, 2.05) is 30.3 Å². The molecule has 0 spiro atoms. The summed E-state index contributed by atoms with van der Waals surface area (Å²) in [6.45, 7) is 0.474. The fraction of sp³-hybridized carbons (Fsp3) is 0.250. The lowest BCUT2D eigenvalue weighted by molar-refractivity contribution is -0.129. The second-order valence-electron chi connectivity index (χ2n) is 3.70. The summed E-state index contributed by atoms with van der Waals surface area (Å²) in [4.78, 5) is 12.8. The molecular formula is C12H15ClN2O2. The zero-order chi connectivity index (χ0) is 11.5. The van der Waals surface area contributed by atoms with Gasteiger partial charge in [-0.25, -0.2) is 0 Å². The Bertz CT molecular complexity index is 477. The van der Waals surface area contributed by atoms with Crippen LogP contribution in [0.4, 0.5) is 0 Å². The van der Waals surface area contributed by atoms with Crippen LogP contribution in [-0.4, -0.2) is 24.4 Å². The van der Waals surface area contributed by atoms with Gasteiger partial charge < -0.3 is 15.1 Å². The molecule has 0 fully saturated rings. The highest BCUT2D eigenvalue weighted by atomic mass is 35.5. The molecule has 1 heterocycles. The number of rotatable bonds is 3. The van der Waals surface area contributed by atoms with Gasteiger partial charge in [0, 0.05) is 12.4 Å². The van der Waals surface area contributed by atoms with Crippen molar-refractivity contribution in [2.24, 2.45) is 5.73 Å². The molecule has 2 N–H and O–H groups in total. The number of halogens is 1. The van der Waals surface area contributed by atoms with E-state index in [2.05, 4.69) is 0 Å². The van der Waals surface area contributed by atoms with Crippen molar-refractivity contribution in [2.75, 3.05) is 13.6 Å². The average Bonchev–Trinajstić information content (AvgIpc) is 2.69. The van der Waals surface area contributed by atoms with Crippen molar-refractivity contribution in [1.82, 2.24) is 4.90 Å². The zero-order valence-corrected chi connectivity index (χ0v) is 10.4. The Morgan fingerprint density at radius 1 is 1.41 bits per heavy atom. The van der Waals surface area contributed by atoms with Crippen molar-refractivity contribution >= 4 is 29.3 Å². The largest absolute Gasteiger partial charge is 0.459 e. The minimum atomic E-state index is -0.0968. The third-order valence-electron chi connectivity index (χ3n) is 2.47. The van der Waals surface area contributed by atoms with E-state index in [4.69, 9.17) is 10.2 Å². The molecule has 1 aromatic heterocycles. The van der Waals surface area contributed by atoms with E-state index >= 15 is 0 Å². The Labute approximate surface area is 106 Å². The maximum absolute atomic E-state index is 11.3. The van der Waals surface area contributed by atoms with Crippen molar-refractivity contribution in [3.8, 4) is 0 Å². The van der Waals surface area contributed by atoms with E-state index in [1.54, 1.807) is 11.9 Å². The van der Waals surface area contributed by atoms with Crippen molar-refractivity contribution in [3.63, 3.8) is 0 Å². The molecule has 4 nitrogen and oxygen atoms in total. The van der Waals surface area contributed by atoms with Gasteiger partial charge in [-0.3, -0.25) is 4.79 Å². The molecule has 2 rings (SSSR count). The number of benzene rings is 1. The van der Waals surface area contributed by atoms with Crippen molar-refractivity contribution in [1.29, 1.82) is 0 Å². The summed E-state index contributed by atoms with van der Waals surface area (Å²) in [5, 5.41) is 1.05. The predicted octanol–water partition coefficient (Wildman–Crippen LogP) is 1.77. The molecule has 0 saturated heterocycles. The number of para-hydroxylation sites is 1. The Morgan fingerprint density at radius 2 is 2.12 bits per heavy atom. The van der Waals surface area contributed by atoms with Crippen LogP contribution in [0.1, 0.15) is 5.76 Å². The van der Waals surface area contributed by atoms with Gasteiger partial charge in [-0.1, -0.05) is 18.2 Å². The fourth-order valence-corrected chi connectivity index (χ4v) is 1.59. The van der Waals surface area contributed by atoms with E-state index in [0.29, 0.717) is 6.54 Å². The zero-order valence-electron chi connectivity index (χ0n) is 9.55. The summed E-state index contributed by atoms with van der Waals surface area (Å²) < 4.78 is 5.60. The summed E-state index contributed by atoms with van der Waals surface area (Å²) in [6.07, 6.45) is 0. The van der Waals surface area contributed by atoms with Crippen LogP contribution in [0.3, 0.4) is 0 Å². The first-order valence-electron chi connectivity index (χ1n) is 5.12. The van der Waals surface area contributed by atoms with Crippen LogP contribution in [0, 0.1) is 0 Å². The first kappa shape index (κ1) is 13.5. The standard InChI is InChI=1S/C12H14N2O2.ClH/c1-14(12(15)7-13)8-10-6-9-4-2-3-5-11(9)16-10;/h2-6H,7-8,13H2,1H3;1H. The molecule has 0 aliphatic heterocycles. The topological polar surface area (TPSA) is 59.5 Å². The molecule has 17 heavy (non-hydrogen) atoms. The van der Waals surface area contributed by atoms with Crippen LogP contribution in [0.2, 0.25) is 0 Å². The van der Waals surface area contributed by atoms with Gasteiger partial charge in [0.1, 0.15) is 11.3 Å². The van der Waals surface area contributed by atoms with Crippen LogP contribution < -0.4 is 5.73 Å². The molecule has 0 bridgehead atoms. The SMILES string of the molecule is CN(Cc1cc2ccccc2o1)C(=O)CN.Cl. The number of hydrogen-bond acceptors (Lipinski definition) is 3. The highest BCUT2D eigenvalue weighted by Crippen LogP contribution is 2.19. The predicted molar refractivity (Wildman–Crippen MR) is 69.0 cm³/mol. The second kappa shape index (κ2) is 5.70. The van der Waals surface area contributed by atoms with Crippen molar-refractivity contribution in [3.05, 3.63) is 36.1 Å². The first-order chi connectivity index (χ1) is 7.70. The minimum absolute atomic E-state index is 0. The molecule has 1 amide bonds. The summed E-state index contributed by atoms with van der Waals surface area (Å²) in [5.41, 5.74) is 6.12. The smallest absolute Gasteiger partial charge is 0.236 e. The van der Waals surface area contributed by atoms with Gasteiger partial charge in [-0.15, -0.1) is 12.4 Å². The number of likely N-dealkylation sites (N-methyl/N-ethyl adjacent to an activating group) is 1. The van der Waals surface area contributed by atoms with E-state index in [-0.39, 0.29) is 24.9 Å². The van der Waals surface area contributed by atoms with Crippen LogP contribution in [0.15, 0.2) is 34.7 Å². The maximum Gasteiger partial charge on any atom is 0.236 e. The van der Waals surface area contributed by atoms with E-state index in [9.17, 15) is 4.79 Å². The van der Waals surface area contributed by atoms with Gasteiger partial charge in [-0.2, -0.15) is 0 Å². The first-order valence-corrected chi connectivity index (χ1v) is 5.12. The summed E-state index contributed by atoms with van der Waals surface area (Å²) in [6, 6.07) is 9.70. The summed E-state index contributed by atoms with van der Waals surface area (Å²) >= 11 is 0. The molecule has 2 aromatic rings. The number of fused-ring (bicyclic) bond motifs is 1. The quantitative estimate of drug-likeness (QED) is 0.908. The molecule has 92 valence electrons. The molecule has 0 aliphatic rings. The summed E-state index contributed by atoms with van der Waals surface area (Å²) in [7, 11) is 1.71. The van der Waals surface area contributed by atoms with E-state index in [1.165, 1.54) is 0 Å². The average molecular weight is 255 g/mol. The van der Waals surface area contributed by atoms with Crippen molar-refractivity contribution < 1.29 is 9.21 Å². The minimum Gasteiger partial charge on any atom is -0.459 e. The van der Waals surface area contributed by atoms with Gasteiger partial charge in [0.05, 0.1) is 13.1 Å². The van der Waals surface area contributed by atoms with E-state index < -0.39 is 0 Å². The van der Waals surface area contributed by atoms with Gasteiger partial charge in [0.2, 0.25) is 5.91 Å². The molecule has 0 aliphatic carbocycles. The lowest BCUT2D eigenvalue weighted by Gasteiger charge is -2.13. The normalized spacial score (nSPS) is 10.0. The third-order valence-corrected chi connectivity index (χ3v) is 2.47. The fourth-order valence-electron chi connectivity index (χ4n) is 1.59. The lowest BCUT2D eigenvalue weighted by atomic mass is 10.2. The Morgan fingerprint density at radius 3 is 2.76 bits per heavy atom. The molecular weight excluding hydrogens is 240 g/mol. The number of furan rings is 1. The molecule has 0 saturated carbocycles. The maximum atomic E-state index is 11.3. The highest BCUT2D eigenvalue weighted by Gasteiger charge is 2.10. The Hall–Kier alpha value is -1.52. The number of nitrogens with two attached hydrogens (primary N) is 1. The lowest BCUT2D eigenvalue weighted by Crippen LogP contribution is -2.31. The molecule has 1 aromatic carbocycles. The number of carbonyl (C=O) groups is 1. The van der Waals surface area contributed by atoms with Gasteiger partial charge in [0.25, 0.3) is 0 Å². The number of nitrogens with zero attached hydrogens (tertiary/aromatic N) is 1. The number of carbonyl (C=O) groups excluding carboxylic acids is 1. The molecule has 5 heteroatoms. The summed E-state index contributed by atoms with van der Waals surface area (Å²) in [5.74, 6) is 0.672. The highest BCUT2D eigenvalue weighted by molar-refractivity contribution is 5.85. The monoisotopic (exact) mass is 254 g/mol. The second-order valence-corrected chi connectivity index (χ2v) is 3.70. The molecule has 0 unspecified atom stereocenters. The van der Waals surface area contributed by atoms with Crippen LogP contribution in [0.5, 0.6) is 0 Å². The number of hydrogen-bond donors (Lipinski definition) is 1. The van der Waals surface area contributed by atoms with Crippen molar-refractivity contribution in [2.45, 2.75) is 6.54 Å². The molecule has 0 atom stereocenters. The van der Waals surface area contributed by atoms with Crippen LogP contribution >= 0.6 is 12.4 Å². The van der Waals surface area contributed by atoms with Gasteiger partial charge >= 0.3 is 0 Å². The Balaban J connectivity index is 0.00000144. The van der Waals surface area contributed by atoms with E-state index in [0.717, 1.165) is 16.7 Å². The third kappa shape index (κ3) is 2.99. The molecule has 0 radical (unpaired) electrons. The van der Waals surface area contributed by atoms with Crippen LogP contribution in [-0.2, 0) is 11.3 Å². The Kier molecular flexibility index (Phi) is 4.54. The number of amides is 1. The van der Waals surface area contributed by atoms with Gasteiger partial charge in [-0.05, 0) is 12.1 Å².